The maximum Gasteiger partial charge on any atom is 0.274 e. The molecule has 1 amide bonds. The van der Waals surface area contributed by atoms with E-state index in [2.05, 4.69) is 36.2 Å². The predicted molar refractivity (Wildman–Crippen MR) is 99.2 cm³/mol. The fraction of sp³-hybridized carbons (Fsp3) is 0.316. The highest BCUT2D eigenvalue weighted by Gasteiger charge is 2.22. The quantitative estimate of drug-likeness (QED) is 0.778. The third kappa shape index (κ3) is 3.33. The Morgan fingerprint density at radius 1 is 1.12 bits per heavy atom. The van der Waals surface area contributed by atoms with Crippen LogP contribution in [0.15, 0.2) is 36.5 Å². The number of methoxy groups -OCH3 is 2. The number of fused-ring (bicyclic) bond motifs is 1. The molecule has 0 spiro atoms. The molecule has 1 aromatic carbocycles. The Balaban J connectivity index is 2.01. The highest BCUT2D eigenvalue weighted by atomic mass is 16.5. The zero-order valence-electron chi connectivity index (χ0n) is 15.5. The summed E-state index contributed by atoms with van der Waals surface area (Å²) in [5.74, 6) is 0.835. The average molecular weight is 354 g/mol. The van der Waals surface area contributed by atoms with E-state index in [-0.39, 0.29) is 11.3 Å². The zero-order valence-corrected chi connectivity index (χ0v) is 15.5. The van der Waals surface area contributed by atoms with E-state index >= 15 is 0 Å². The van der Waals surface area contributed by atoms with Gasteiger partial charge in [-0.1, -0.05) is 20.8 Å². The Hall–Kier alpha value is -3.09. The number of nitrogens with zero attached hydrogens (tertiary/aromatic N) is 3. The molecule has 3 rings (SSSR count). The van der Waals surface area contributed by atoms with Gasteiger partial charge in [-0.2, -0.15) is 5.10 Å². The van der Waals surface area contributed by atoms with Gasteiger partial charge in [-0.05, 0) is 18.2 Å². The van der Waals surface area contributed by atoms with Crippen LogP contribution in [-0.2, 0) is 5.41 Å². The second-order valence-electron chi connectivity index (χ2n) is 6.90. The smallest absolute Gasteiger partial charge is 0.274 e. The van der Waals surface area contributed by atoms with Crippen molar-refractivity contribution in [2.24, 2.45) is 0 Å². The molecule has 3 aromatic rings. The lowest BCUT2D eigenvalue weighted by Crippen LogP contribution is -2.21. The van der Waals surface area contributed by atoms with Gasteiger partial charge in [-0.3, -0.25) is 4.79 Å². The van der Waals surface area contributed by atoms with Crippen molar-refractivity contribution < 1.29 is 14.3 Å². The third-order valence-corrected chi connectivity index (χ3v) is 4.02. The molecule has 0 aliphatic heterocycles. The van der Waals surface area contributed by atoms with E-state index in [0.717, 1.165) is 5.69 Å². The molecule has 7 heteroatoms. The van der Waals surface area contributed by atoms with Crippen LogP contribution in [0.25, 0.3) is 5.65 Å². The Morgan fingerprint density at radius 2 is 1.88 bits per heavy atom. The van der Waals surface area contributed by atoms with Crippen LogP contribution in [0.1, 0.15) is 37.0 Å². The fourth-order valence-electron chi connectivity index (χ4n) is 2.66. The van der Waals surface area contributed by atoms with Crippen molar-refractivity contribution in [1.82, 2.24) is 14.6 Å². The van der Waals surface area contributed by atoms with Gasteiger partial charge in [-0.25, -0.2) is 9.50 Å². The molecule has 26 heavy (non-hydrogen) atoms. The lowest BCUT2D eigenvalue weighted by molar-refractivity contribution is 0.102. The van der Waals surface area contributed by atoms with Crippen LogP contribution in [0.2, 0.25) is 0 Å². The number of anilines is 1. The second kappa shape index (κ2) is 6.67. The summed E-state index contributed by atoms with van der Waals surface area (Å²) in [5, 5.41) is 7.16. The monoisotopic (exact) mass is 354 g/mol. The van der Waals surface area contributed by atoms with Crippen molar-refractivity contribution in [1.29, 1.82) is 0 Å². The van der Waals surface area contributed by atoms with Gasteiger partial charge >= 0.3 is 0 Å². The molecule has 0 radical (unpaired) electrons. The molecule has 0 atom stereocenters. The molecule has 0 unspecified atom stereocenters. The van der Waals surface area contributed by atoms with Gasteiger partial charge in [0.25, 0.3) is 5.91 Å². The molecular formula is C19H22N4O3. The number of benzene rings is 1. The van der Waals surface area contributed by atoms with Gasteiger partial charge in [0, 0.05) is 17.5 Å². The number of hydrogen-bond acceptors (Lipinski definition) is 5. The predicted octanol–water partition coefficient (Wildman–Crippen LogP) is 3.30. The fourth-order valence-corrected chi connectivity index (χ4v) is 2.66. The van der Waals surface area contributed by atoms with Crippen LogP contribution >= 0.6 is 0 Å². The van der Waals surface area contributed by atoms with Gasteiger partial charge in [0.05, 0.1) is 31.8 Å². The molecule has 7 nitrogen and oxygen atoms in total. The molecule has 0 bridgehead atoms. The normalized spacial score (nSPS) is 11.4. The number of rotatable bonds is 4. The van der Waals surface area contributed by atoms with Crippen LogP contribution in [-0.4, -0.2) is 34.7 Å². The Labute approximate surface area is 152 Å². The summed E-state index contributed by atoms with van der Waals surface area (Å²) in [6.45, 7) is 6.20. The summed E-state index contributed by atoms with van der Waals surface area (Å²) in [6.07, 6.45) is 1.67. The first-order valence-electron chi connectivity index (χ1n) is 8.22. The molecule has 2 heterocycles. The number of hydrogen-bond donors (Lipinski definition) is 1. The standard InChI is InChI=1S/C19H22N4O3/c1-19(2,3)16-11-14(21-17-8-9-20-23(16)17)18(24)22-13-10-12(25-4)6-7-15(13)26-5/h6-11H,1-5H3,(H,22,24). The Morgan fingerprint density at radius 3 is 2.54 bits per heavy atom. The summed E-state index contributed by atoms with van der Waals surface area (Å²) in [7, 11) is 3.11. The number of carbonyl (C=O) groups is 1. The molecule has 0 saturated carbocycles. The summed E-state index contributed by atoms with van der Waals surface area (Å²) in [4.78, 5) is 17.2. The van der Waals surface area contributed by atoms with Crippen molar-refractivity contribution in [2.75, 3.05) is 19.5 Å². The maximum absolute atomic E-state index is 12.8. The van der Waals surface area contributed by atoms with Crippen molar-refractivity contribution in [3.63, 3.8) is 0 Å². The summed E-state index contributed by atoms with van der Waals surface area (Å²) >= 11 is 0. The molecule has 0 aliphatic carbocycles. The van der Waals surface area contributed by atoms with E-state index in [0.29, 0.717) is 28.5 Å². The van der Waals surface area contributed by atoms with Crippen molar-refractivity contribution >= 4 is 17.2 Å². The minimum Gasteiger partial charge on any atom is -0.497 e. The number of ether oxygens (including phenoxy) is 2. The van der Waals surface area contributed by atoms with Gasteiger partial charge < -0.3 is 14.8 Å². The van der Waals surface area contributed by atoms with E-state index in [1.807, 2.05) is 0 Å². The van der Waals surface area contributed by atoms with Crippen LogP contribution < -0.4 is 14.8 Å². The number of nitrogens with one attached hydrogen (secondary N) is 1. The van der Waals surface area contributed by atoms with E-state index in [4.69, 9.17) is 9.47 Å². The van der Waals surface area contributed by atoms with E-state index in [1.165, 1.54) is 0 Å². The lowest BCUT2D eigenvalue weighted by Gasteiger charge is -2.20. The average Bonchev–Trinajstić information content (AvgIpc) is 3.08. The number of amides is 1. The van der Waals surface area contributed by atoms with Crippen LogP contribution in [0.5, 0.6) is 11.5 Å². The van der Waals surface area contributed by atoms with Gasteiger partial charge in [0.1, 0.15) is 17.2 Å². The highest BCUT2D eigenvalue weighted by Crippen LogP contribution is 2.29. The minimum atomic E-state index is -0.328. The van der Waals surface area contributed by atoms with Gasteiger partial charge in [0.15, 0.2) is 5.65 Å². The molecule has 2 aromatic heterocycles. The molecule has 0 aliphatic rings. The van der Waals surface area contributed by atoms with Crippen molar-refractivity contribution in [3.8, 4) is 11.5 Å². The zero-order chi connectivity index (χ0) is 18.9. The van der Waals surface area contributed by atoms with Crippen LogP contribution in [0, 0.1) is 0 Å². The maximum atomic E-state index is 12.8. The SMILES string of the molecule is COc1ccc(OC)c(NC(=O)c2cc(C(C)(C)C)n3nccc3n2)c1. The largest absolute Gasteiger partial charge is 0.497 e. The topological polar surface area (TPSA) is 77.8 Å². The first-order chi connectivity index (χ1) is 12.3. The summed E-state index contributed by atoms with van der Waals surface area (Å²) in [6, 6.07) is 8.75. The van der Waals surface area contributed by atoms with Gasteiger partial charge in [-0.15, -0.1) is 0 Å². The summed E-state index contributed by atoms with van der Waals surface area (Å²) in [5.41, 5.74) is 2.16. The summed E-state index contributed by atoms with van der Waals surface area (Å²) < 4.78 is 12.3. The number of aromatic nitrogens is 3. The van der Waals surface area contributed by atoms with Crippen LogP contribution in [0.4, 0.5) is 5.69 Å². The van der Waals surface area contributed by atoms with E-state index < -0.39 is 0 Å². The van der Waals surface area contributed by atoms with Crippen molar-refractivity contribution in [2.45, 2.75) is 26.2 Å². The van der Waals surface area contributed by atoms with E-state index in [9.17, 15) is 4.79 Å². The third-order valence-electron chi connectivity index (χ3n) is 4.02. The highest BCUT2D eigenvalue weighted by molar-refractivity contribution is 6.04. The Bertz CT molecular complexity index is 957. The molecular weight excluding hydrogens is 332 g/mol. The molecule has 1 N–H and O–H groups in total. The van der Waals surface area contributed by atoms with Crippen molar-refractivity contribution in [3.05, 3.63) is 47.9 Å². The molecule has 0 saturated heterocycles. The van der Waals surface area contributed by atoms with E-state index in [1.54, 1.807) is 55.3 Å². The number of carbonyl (C=O) groups excluding carboxylic acids is 1. The second-order valence-corrected chi connectivity index (χ2v) is 6.90. The Kier molecular flexibility index (Phi) is 4.54. The minimum absolute atomic E-state index is 0.199. The first-order valence-corrected chi connectivity index (χ1v) is 8.22. The van der Waals surface area contributed by atoms with Gasteiger partial charge in [0.2, 0.25) is 0 Å². The molecule has 136 valence electrons. The molecule has 0 fully saturated rings. The lowest BCUT2D eigenvalue weighted by atomic mass is 9.91. The van der Waals surface area contributed by atoms with Crippen LogP contribution in [0.3, 0.4) is 0 Å². The first kappa shape index (κ1) is 17.7.